The van der Waals surface area contributed by atoms with Gasteiger partial charge < -0.3 is 10.5 Å². The van der Waals surface area contributed by atoms with Gasteiger partial charge in [-0.3, -0.25) is 0 Å². The van der Waals surface area contributed by atoms with Gasteiger partial charge in [0.25, 0.3) is 0 Å². The average Bonchev–Trinajstić information content (AvgIpc) is 2.09. The Balaban J connectivity index is 2.77. The summed E-state index contributed by atoms with van der Waals surface area (Å²) in [6.07, 6.45) is -0.0702. The van der Waals surface area contributed by atoms with Crippen LogP contribution in [0.1, 0.15) is 19.4 Å². The standard InChI is InChI=1S/C11H16FNO/c1-7-6-10(12)4-5-11(7)14-9(3)8(2)13/h4-6,8-9H,13H2,1-3H3/t8-,9?/m0/s1. The van der Waals surface area contributed by atoms with Gasteiger partial charge in [-0.1, -0.05) is 0 Å². The van der Waals surface area contributed by atoms with E-state index in [1.54, 1.807) is 6.07 Å². The molecule has 0 bridgehead atoms. The van der Waals surface area contributed by atoms with Gasteiger partial charge in [0.1, 0.15) is 17.7 Å². The fourth-order valence-electron chi connectivity index (χ4n) is 1.05. The van der Waals surface area contributed by atoms with Crippen molar-refractivity contribution in [3.63, 3.8) is 0 Å². The number of aryl methyl sites for hydroxylation is 1. The molecule has 14 heavy (non-hydrogen) atoms. The molecule has 0 aliphatic heterocycles. The number of hydrogen-bond donors (Lipinski definition) is 1. The third-order valence-corrected chi connectivity index (χ3v) is 2.19. The number of hydrogen-bond acceptors (Lipinski definition) is 2. The van der Waals surface area contributed by atoms with Crippen LogP contribution in [-0.4, -0.2) is 12.1 Å². The molecule has 2 nitrogen and oxygen atoms in total. The van der Waals surface area contributed by atoms with E-state index in [9.17, 15) is 4.39 Å². The first-order valence-corrected chi connectivity index (χ1v) is 4.69. The van der Waals surface area contributed by atoms with Gasteiger partial charge in [-0.05, 0) is 44.5 Å². The van der Waals surface area contributed by atoms with Crippen LogP contribution in [0.2, 0.25) is 0 Å². The molecule has 0 aliphatic carbocycles. The van der Waals surface area contributed by atoms with Crippen molar-refractivity contribution in [1.29, 1.82) is 0 Å². The lowest BCUT2D eigenvalue weighted by Crippen LogP contribution is -2.33. The van der Waals surface area contributed by atoms with Crippen molar-refractivity contribution >= 4 is 0 Å². The smallest absolute Gasteiger partial charge is 0.123 e. The highest BCUT2D eigenvalue weighted by Crippen LogP contribution is 2.20. The van der Waals surface area contributed by atoms with Gasteiger partial charge in [0.2, 0.25) is 0 Å². The highest BCUT2D eigenvalue weighted by Gasteiger charge is 2.10. The second-order valence-corrected chi connectivity index (χ2v) is 3.59. The Bertz CT molecular complexity index is 312. The Kier molecular flexibility index (Phi) is 3.47. The molecule has 1 rings (SSSR count). The minimum atomic E-state index is -0.247. The largest absolute Gasteiger partial charge is 0.489 e. The Labute approximate surface area is 83.9 Å². The van der Waals surface area contributed by atoms with E-state index in [0.717, 1.165) is 5.56 Å². The molecule has 78 valence electrons. The molecule has 0 heterocycles. The maximum absolute atomic E-state index is 12.8. The van der Waals surface area contributed by atoms with E-state index in [1.165, 1.54) is 12.1 Å². The van der Waals surface area contributed by atoms with Crippen LogP contribution in [-0.2, 0) is 0 Å². The van der Waals surface area contributed by atoms with Gasteiger partial charge in [-0.25, -0.2) is 4.39 Å². The van der Waals surface area contributed by atoms with Gasteiger partial charge in [0, 0.05) is 6.04 Å². The van der Waals surface area contributed by atoms with Crippen LogP contribution in [0.3, 0.4) is 0 Å². The first-order valence-electron chi connectivity index (χ1n) is 4.69. The van der Waals surface area contributed by atoms with Gasteiger partial charge in [0.15, 0.2) is 0 Å². The monoisotopic (exact) mass is 197 g/mol. The molecule has 0 radical (unpaired) electrons. The SMILES string of the molecule is Cc1cc(F)ccc1OC(C)[C@H](C)N. The van der Waals surface area contributed by atoms with Crippen molar-refractivity contribution in [2.24, 2.45) is 5.73 Å². The summed E-state index contributed by atoms with van der Waals surface area (Å²) in [5, 5.41) is 0. The molecule has 0 saturated heterocycles. The normalized spacial score (nSPS) is 14.9. The van der Waals surface area contributed by atoms with E-state index in [1.807, 2.05) is 20.8 Å². The van der Waals surface area contributed by atoms with Crippen molar-refractivity contribution < 1.29 is 9.13 Å². The summed E-state index contributed by atoms with van der Waals surface area (Å²) in [5.74, 6) is 0.444. The Hall–Kier alpha value is -1.09. The minimum absolute atomic E-state index is 0.0422. The Morgan fingerprint density at radius 1 is 1.36 bits per heavy atom. The molecule has 1 aromatic carbocycles. The topological polar surface area (TPSA) is 35.2 Å². The summed E-state index contributed by atoms with van der Waals surface area (Å²) < 4.78 is 18.3. The third kappa shape index (κ3) is 2.70. The summed E-state index contributed by atoms with van der Waals surface area (Å²) >= 11 is 0. The summed E-state index contributed by atoms with van der Waals surface area (Å²) in [7, 11) is 0. The van der Waals surface area contributed by atoms with Crippen molar-refractivity contribution in [2.45, 2.75) is 32.9 Å². The summed E-state index contributed by atoms with van der Waals surface area (Å²) in [4.78, 5) is 0. The molecular formula is C11H16FNO. The molecule has 3 heteroatoms. The molecule has 0 saturated carbocycles. The molecule has 2 N–H and O–H groups in total. The van der Waals surface area contributed by atoms with Crippen LogP contribution in [0.5, 0.6) is 5.75 Å². The summed E-state index contributed by atoms with van der Waals surface area (Å²) in [6, 6.07) is 4.42. The lowest BCUT2D eigenvalue weighted by Gasteiger charge is -2.19. The predicted molar refractivity (Wildman–Crippen MR) is 54.9 cm³/mol. The van der Waals surface area contributed by atoms with Crippen LogP contribution >= 0.6 is 0 Å². The van der Waals surface area contributed by atoms with E-state index in [0.29, 0.717) is 5.75 Å². The lowest BCUT2D eigenvalue weighted by molar-refractivity contribution is 0.195. The van der Waals surface area contributed by atoms with Gasteiger partial charge in [-0.15, -0.1) is 0 Å². The van der Waals surface area contributed by atoms with Crippen LogP contribution in [0.15, 0.2) is 18.2 Å². The van der Waals surface area contributed by atoms with E-state index < -0.39 is 0 Å². The highest BCUT2D eigenvalue weighted by molar-refractivity contribution is 5.32. The zero-order valence-corrected chi connectivity index (χ0v) is 8.75. The van der Waals surface area contributed by atoms with Crippen molar-refractivity contribution in [3.05, 3.63) is 29.6 Å². The maximum Gasteiger partial charge on any atom is 0.123 e. The fourth-order valence-corrected chi connectivity index (χ4v) is 1.05. The molecule has 0 aliphatic rings. The average molecular weight is 197 g/mol. The molecule has 1 unspecified atom stereocenters. The zero-order valence-electron chi connectivity index (χ0n) is 8.75. The highest BCUT2D eigenvalue weighted by atomic mass is 19.1. The van der Waals surface area contributed by atoms with E-state index >= 15 is 0 Å². The Morgan fingerprint density at radius 3 is 2.50 bits per heavy atom. The first kappa shape index (κ1) is 11.0. The van der Waals surface area contributed by atoms with Gasteiger partial charge in [0.05, 0.1) is 0 Å². The molecule has 2 atom stereocenters. The van der Waals surface area contributed by atoms with Crippen molar-refractivity contribution in [1.82, 2.24) is 0 Å². The molecule has 1 aromatic rings. The lowest BCUT2D eigenvalue weighted by atomic mass is 10.2. The first-order chi connectivity index (χ1) is 6.50. The van der Waals surface area contributed by atoms with Crippen molar-refractivity contribution in [3.8, 4) is 5.75 Å². The van der Waals surface area contributed by atoms with Crippen molar-refractivity contribution in [2.75, 3.05) is 0 Å². The molecule has 0 amide bonds. The number of halogens is 1. The minimum Gasteiger partial charge on any atom is -0.489 e. The van der Waals surface area contributed by atoms with Crippen LogP contribution in [0, 0.1) is 12.7 Å². The number of rotatable bonds is 3. The second-order valence-electron chi connectivity index (χ2n) is 3.59. The van der Waals surface area contributed by atoms with Gasteiger partial charge in [-0.2, -0.15) is 0 Å². The van der Waals surface area contributed by atoms with E-state index in [4.69, 9.17) is 10.5 Å². The second kappa shape index (κ2) is 4.42. The molecular weight excluding hydrogens is 181 g/mol. The number of nitrogens with two attached hydrogens (primary N) is 1. The van der Waals surface area contributed by atoms with E-state index in [-0.39, 0.29) is 18.0 Å². The molecule has 0 aromatic heterocycles. The van der Waals surface area contributed by atoms with Gasteiger partial charge >= 0.3 is 0 Å². The number of benzene rings is 1. The maximum atomic E-state index is 12.8. The third-order valence-electron chi connectivity index (χ3n) is 2.19. The van der Waals surface area contributed by atoms with Crippen LogP contribution < -0.4 is 10.5 Å². The molecule has 0 fully saturated rings. The fraction of sp³-hybridized carbons (Fsp3) is 0.455. The number of ether oxygens (including phenoxy) is 1. The zero-order chi connectivity index (χ0) is 10.7. The predicted octanol–water partition coefficient (Wildman–Crippen LogP) is 2.25. The van der Waals surface area contributed by atoms with Crippen LogP contribution in [0.4, 0.5) is 4.39 Å². The summed E-state index contributed by atoms with van der Waals surface area (Å²) in [5.41, 5.74) is 6.45. The Morgan fingerprint density at radius 2 is 2.00 bits per heavy atom. The van der Waals surface area contributed by atoms with Crippen LogP contribution in [0.25, 0.3) is 0 Å². The summed E-state index contributed by atoms with van der Waals surface area (Å²) in [6.45, 7) is 5.59. The van der Waals surface area contributed by atoms with E-state index in [2.05, 4.69) is 0 Å². The quantitative estimate of drug-likeness (QED) is 0.806. The molecule has 0 spiro atoms.